The van der Waals surface area contributed by atoms with E-state index in [0.29, 0.717) is 18.3 Å². The van der Waals surface area contributed by atoms with Crippen molar-refractivity contribution >= 4 is 0 Å². The van der Waals surface area contributed by atoms with Crippen molar-refractivity contribution in [1.82, 2.24) is 15.0 Å². The number of benzene rings is 1. The quantitative estimate of drug-likeness (QED) is 0.935. The molecule has 1 N–H and O–H groups in total. The van der Waals surface area contributed by atoms with Gasteiger partial charge in [0.05, 0.1) is 13.2 Å². The summed E-state index contributed by atoms with van der Waals surface area (Å²) in [5.41, 5.74) is 2.10. The van der Waals surface area contributed by atoms with Gasteiger partial charge in [-0.25, -0.2) is 0 Å². The molecule has 1 aliphatic rings. The highest BCUT2D eigenvalue weighted by molar-refractivity contribution is 5.57. The fourth-order valence-corrected chi connectivity index (χ4v) is 2.90. The molecule has 0 spiro atoms. The number of piperidine rings is 1. The molecule has 2 aromatic rings. The molecule has 0 bridgehead atoms. The number of nitrogens with zero attached hydrogens (tertiary/aromatic N) is 3. The van der Waals surface area contributed by atoms with E-state index in [2.05, 4.69) is 15.0 Å². The van der Waals surface area contributed by atoms with Gasteiger partial charge in [-0.05, 0) is 37.9 Å². The molecule has 1 aliphatic heterocycles. The summed E-state index contributed by atoms with van der Waals surface area (Å²) in [6, 6.07) is 8.21. The third-order valence-electron chi connectivity index (χ3n) is 4.15. The largest absolute Gasteiger partial charge is 0.395 e. The average molecular weight is 287 g/mol. The highest BCUT2D eigenvalue weighted by atomic mass is 16.5. The number of rotatable bonds is 4. The van der Waals surface area contributed by atoms with E-state index in [1.807, 2.05) is 31.2 Å². The van der Waals surface area contributed by atoms with Crippen LogP contribution in [-0.4, -0.2) is 39.3 Å². The smallest absolute Gasteiger partial charge is 0.258 e. The first-order valence-corrected chi connectivity index (χ1v) is 7.51. The van der Waals surface area contributed by atoms with Gasteiger partial charge in [-0.3, -0.25) is 4.90 Å². The van der Waals surface area contributed by atoms with Gasteiger partial charge in [0.15, 0.2) is 5.82 Å². The van der Waals surface area contributed by atoms with Gasteiger partial charge >= 0.3 is 0 Å². The summed E-state index contributed by atoms with van der Waals surface area (Å²) < 4.78 is 5.39. The number of aryl methyl sites for hydroxylation is 1. The van der Waals surface area contributed by atoms with Crippen LogP contribution in [0.5, 0.6) is 0 Å². The van der Waals surface area contributed by atoms with Crippen molar-refractivity contribution in [3.05, 3.63) is 35.7 Å². The van der Waals surface area contributed by atoms with E-state index in [9.17, 15) is 5.11 Å². The van der Waals surface area contributed by atoms with Gasteiger partial charge in [0, 0.05) is 11.6 Å². The Morgan fingerprint density at radius 2 is 2.19 bits per heavy atom. The Kier molecular flexibility index (Phi) is 4.31. The van der Waals surface area contributed by atoms with Crippen molar-refractivity contribution < 1.29 is 9.63 Å². The van der Waals surface area contributed by atoms with Crippen LogP contribution in [0.15, 0.2) is 28.8 Å². The van der Waals surface area contributed by atoms with Gasteiger partial charge in [0.1, 0.15) is 0 Å². The molecule has 2 heterocycles. The van der Waals surface area contributed by atoms with Crippen LogP contribution < -0.4 is 0 Å². The molecule has 1 atom stereocenters. The Morgan fingerprint density at radius 3 is 3.00 bits per heavy atom. The topological polar surface area (TPSA) is 62.4 Å². The minimum atomic E-state index is 0.197. The van der Waals surface area contributed by atoms with Gasteiger partial charge < -0.3 is 9.63 Å². The van der Waals surface area contributed by atoms with Crippen molar-refractivity contribution in [1.29, 1.82) is 0 Å². The molecule has 5 heteroatoms. The molecular formula is C16H21N3O2. The molecule has 1 fully saturated rings. The molecule has 0 radical (unpaired) electrons. The van der Waals surface area contributed by atoms with Gasteiger partial charge in [0.2, 0.25) is 0 Å². The van der Waals surface area contributed by atoms with Gasteiger partial charge in [0.25, 0.3) is 5.89 Å². The number of likely N-dealkylation sites (tertiary alicyclic amines) is 1. The summed E-state index contributed by atoms with van der Waals surface area (Å²) in [5, 5.41) is 13.5. The number of hydrogen-bond acceptors (Lipinski definition) is 5. The van der Waals surface area contributed by atoms with E-state index >= 15 is 0 Å². The summed E-state index contributed by atoms with van der Waals surface area (Å²) in [5.74, 6) is 1.26. The molecule has 0 saturated carbocycles. The maximum Gasteiger partial charge on any atom is 0.258 e. The monoisotopic (exact) mass is 287 g/mol. The van der Waals surface area contributed by atoms with Gasteiger partial charge in [-0.15, -0.1) is 0 Å². The Hall–Kier alpha value is -1.72. The fraction of sp³-hybridized carbons (Fsp3) is 0.500. The Bertz CT molecular complexity index is 597. The molecule has 1 saturated heterocycles. The zero-order chi connectivity index (χ0) is 14.7. The highest BCUT2D eigenvalue weighted by Crippen LogP contribution is 2.23. The van der Waals surface area contributed by atoms with E-state index in [-0.39, 0.29) is 12.6 Å². The summed E-state index contributed by atoms with van der Waals surface area (Å²) in [6.45, 7) is 3.86. The minimum Gasteiger partial charge on any atom is -0.395 e. The highest BCUT2D eigenvalue weighted by Gasteiger charge is 2.23. The first kappa shape index (κ1) is 14.2. The Labute approximate surface area is 124 Å². The number of hydrogen-bond donors (Lipinski definition) is 1. The van der Waals surface area contributed by atoms with Crippen molar-refractivity contribution in [2.75, 3.05) is 13.2 Å². The summed E-state index contributed by atoms with van der Waals surface area (Å²) in [6.07, 6.45) is 3.39. The molecule has 0 amide bonds. The standard InChI is InChI=1S/C16H21N3O2/c1-12-6-2-3-8-14(12)16-17-15(18-21-16)10-19-9-5-4-7-13(19)11-20/h2-3,6,8,13,20H,4-5,7,9-11H2,1H3. The Morgan fingerprint density at radius 1 is 1.33 bits per heavy atom. The molecule has 0 aliphatic carbocycles. The van der Waals surface area contributed by atoms with Crippen LogP contribution in [0.4, 0.5) is 0 Å². The summed E-state index contributed by atoms with van der Waals surface area (Å²) in [7, 11) is 0. The van der Waals surface area contributed by atoms with E-state index in [4.69, 9.17) is 4.52 Å². The summed E-state index contributed by atoms with van der Waals surface area (Å²) in [4.78, 5) is 6.75. The number of aliphatic hydroxyl groups excluding tert-OH is 1. The maximum atomic E-state index is 9.45. The van der Waals surface area contributed by atoms with E-state index in [0.717, 1.165) is 24.1 Å². The molecule has 1 unspecified atom stereocenters. The lowest BCUT2D eigenvalue weighted by atomic mass is 10.0. The molecule has 1 aromatic heterocycles. The first-order valence-electron chi connectivity index (χ1n) is 7.51. The predicted molar refractivity (Wildman–Crippen MR) is 79.6 cm³/mol. The molecule has 112 valence electrons. The van der Waals surface area contributed by atoms with Crippen LogP contribution in [0.3, 0.4) is 0 Å². The van der Waals surface area contributed by atoms with Crippen LogP contribution >= 0.6 is 0 Å². The Balaban J connectivity index is 1.75. The zero-order valence-electron chi connectivity index (χ0n) is 12.3. The normalized spacial score (nSPS) is 19.8. The van der Waals surface area contributed by atoms with E-state index in [1.54, 1.807) is 0 Å². The minimum absolute atomic E-state index is 0.197. The number of aromatic nitrogens is 2. The lowest BCUT2D eigenvalue weighted by Crippen LogP contribution is -2.41. The third kappa shape index (κ3) is 3.14. The summed E-state index contributed by atoms with van der Waals surface area (Å²) >= 11 is 0. The van der Waals surface area contributed by atoms with Crippen molar-refractivity contribution in [2.45, 2.75) is 38.8 Å². The van der Waals surface area contributed by atoms with Crippen molar-refractivity contribution in [2.24, 2.45) is 0 Å². The van der Waals surface area contributed by atoms with Crippen LogP contribution in [0.2, 0.25) is 0 Å². The van der Waals surface area contributed by atoms with Crippen molar-refractivity contribution in [3.63, 3.8) is 0 Å². The maximum absolute atomic E-state index is 9.45. The second kappa shape index (κ2) is 6.37. The molecular weight excluding hydrogens is 266 g/mol. The molecule has 21 heavy (non-hydrogen) atoms. The SMILES string of the molecule is Cc1ccccc1-c1nc(CN2CCCCC2CO)no1. The number of aliphatic hydroxyl groups is 1. The third-order valence-corrected chi connectivity index (χ3v) is 4.15. The second-order valence-electron chi connectivity index (χ2n) is 5.63. The lowest BCUT2D eigenvalue weighted by Gasteiger charge is -2.33. The van der Waals surface area contributed by atoms with Gasteiger partial charge in [-0.2, -0.15) is 4.98 Å². The predicted octanol–water partition coefficient (Wildman–Crippen LogP) is 2.39. The van der Waals surface area contributed by atoms with E-state index in [1.165, 1.54) is 12.8 Å². The van der Waals surface area contributed by atoms with Crippen molar-refractivity contribution in [3.8, 4) is 11.5 Å². The van der Waals surface area contributed by atoms with Crippen LogP contribution in [0.25, 0.3) is 11.5 Å². The molecule has 3 rings (SSSR count). The lowest BCUT2D eigenvalue weighted by molar-refractivity contribution is 0.0812. The first-order chi connectivity index (χ1) is 10.3. The van der Waals surface area contributed by atoms with Gasteiger partial charge in [-0.1, -0.05) is 29.8 Å². The molecule has 5 nitrogen and oxygen atoms in total. The molecule has 1 aromatic carbocycles. The average Bonchev–Trinajstić information content (AvgIpc) is 2.96. The second-order valence-corrected chi connectivity index (χ2v) is 5.63. The van der Waals surface area contributed by atoms with Crippen LogP contribution in [-0.2, 0) is 6.54 Å². The van der Waals surface area contributed by atoms with E-state index < -0.39 is 0 Å². The zero-order valence-corrected chi connectivity index (χ0v) is 12.3. The van der Waals surface area contributed by atoms with Crippen LogP contribution in [0.1, 0.15) is 30.7 Å². The van der Waals surface area contributed by atoms with Crippen LogP contribution in [0, 0.1) is 6.92 Å². The fourth-order valence-electron chi connectivity index (χ4n) is 2.90.